The highest BCUT2D eigenvalue weighted by Gasteiger charge is 2.12. The van der Waals surface area contributed by atoms with E-state index in [1.165, 1.54) is 0 Å². The summed E-state index contributed by atoms with van der Waals surface area (Å²) in [5, 5.41) is 0.994. The zero-order valence-corrected chi connectivity index (χ0v) is 14.6. The first-order valence-electron chi connectivity index (χ1n) is 8.65. The third-order valence-electron chi connectivity index (χ3n) is 4.28. The van der Waals surface area contributed by atoms with Crippen LogP contribution in [0, 0.1) is 6.92 Å². The number of benzene rings is 3. The van der Waals surface area contributed by atoms with Crippen LogP contribution in [0.4, 0.5) is 0 Å². The van der Waals surface area contributed by atoms with Crippen molar-refractivity contribution < 1.29 is 13.9 Å². The monoisotopic (exact) mass is 344 g/mol. The summed E-state index contributed by atoms with van der Waals surface area (Å²) >= 11 is 0. The Morgan fingerprint density at radius 1 is 0.769 bits per heavy atom. The highest BCUT2D eigenvalue weighted by atomic mass is 16.5. The van der Waals surface area contributed by atoms with Crippen LogP contribution in [0.3, 0.4) is 0 Å². The number of aryl methyl sites for hydroxylation is 1. The van der Waals surface area contributed by atoms with E-state index in [1.54, 1.807) is 6.26 Å². The number of furan rings is 1. The molecule has 3 heteroatoms. The lowest BCUT2D eigenvalue weighted by molar-refractivity contribution is 0.292. The van der Waals surface area contributed by atoms with Crippen LogP contribution in [0.5, 0.6) is 11.5 Å². The second-order valence-electron chi connectivity index (χ2n) is 6.26. The van der Waals surface area contributed by atoms with Crippen molar-refractivity contribution in [1.82, 2.24) is 0 Å². The molecule has 0 radical (unpaired) electrons. The van der Waals surface area contributed by atoms with Gasteiger partial charge in [0.15, 0.2) is 0 Å². The Kier molecular flexibility index (Phi) is 4.61. The van der Waals surface area contributed by atoms with Crippen LogP contribution in [0.25, 0.3) is 11.0 Å². The Morgan fingerprint density at radius 2 is 1.38 bits per heavy atom. The summed E-state index contributed by atoms with van der Waals surface area (Å²) in [5.74, 6) is 1.51. The van der Waals surface area contributed by atoms with Gasteiger partial charge in [-0.2, -0.15) is 0 Å². The molecule has 0 bridgehead atoms. The van der Waals surface area contributed by atoms with Gasteiger partial charge in [-0.1, -0.05) is 60.7 Å². The average molecular weight is 344 g/mol. The molecular weight excluding hydrogens is 324 g/mol. The molecule has 0 aliphatic heterocycles. The average Bonchev–Trinajstić information content (AvgIpc) is 3.07. The lowest BCUT2D eigenvalue weighted by Gasteiger charge is -2.11. The molecule has 0 amide bonds. The SMILES string of the molecule is Cc1coc2cc(OCc3ccccc3)cc(OCc3ccccc3)c12. The van der Waals surface area contributed by atoms with E-state index in [4.69, 9.17) is 13.9 Å². The maximum atomic E-state index is 6.10. The van der Waals surface area contributed by atoms with E-state index in [1.807, 2.05) is 67.6 Å². The predicted octanol–water partition coefficient (Wildman–Crippen LogP) is 5.90. The Labute approximate surface area is 152 Å². The Hall–Kier alpha value is -3.20. The molecule has 0 atom stereocenters. The van der Waals surface area contributed by atoms with E-state index in [0.717, 1.165) is 39.2 Å². The molecule has 0 fully saturated rings. The maximum Gasteiger partial charge on any atom is 0.141 e. The largest absolute Gasteiger partial charge is 0.489 e. The minimum atomic E-state index is 0.503. The van der Waals surface area contributed by atoms with Crippen LogP contribution in [0.1, 0.15) is 16.7 Å². The lowest BCUT2D eigenvalue weighted by Crippen LogP contribution is -1.98. The molecule has 0 saturated carbocycles. The first-order valence-corrected chi connectivity index (χ1v) is 8.65. The van der Waals surface area contributed by atoms with E-state index >= 15 is 0 Å². The molecule has 0 aliphatic rings. The van der Waals surface area contributed by atoms with E-state index < -0.39 is 0 Å². The number of hydrogen-bond donors (Lipinski definition) is 0. The maximum absolute atomic E-state index is 6.10. The van der Waals surface area contributed by atoms with E-state index in [9.17, 15) is 0 Å². The Morgan fingerprint density at radius 3 is 2.04 bits per heavy atom. The van der Waals surface area contributed by atoms with E-state index in [-0.39, 0.29) is 0 Å². The van der Waals surface area contributed by atoms with Crippen LogP contribution in [0.15, 0.2) is 83.5 Å². The number of fused-ring (bicyclic) bond motifs is 1. The lowest BCUT2D eigenvalue weighted by atomic mass is 10.1. The summed E-state index contributed by atoms with van der Waals surface area (Å²) < 4.78 is 17.7. The summed E-state index contributed by atoms with van der Waals surface area (Å²) in [6, 6.07) is 24.1. The topological polar surface area (TPSA) is 31.6 Å². The second kappa shape index (κ2) is 7.36. The molecule has 0 saturated heterocycles. The van der Waals surface area contributed by atoms with Crippen molar-refractivity contribution in [2.75, 3.05) is 0 Å². The van der Waals surface area contributed by atoms with Crippen molar-refractivity contribution in [1.29, 1.82) is 0 Å². The van der Waals surface area contributed by atoms with Crippen LogP contribution in [-0.2, 0) is 13.2 Å². The molecule has 26 heavy (non-hydrogen) atoms. The molecule has 0 aliphatic carbocycles. The van der Waals surface area contributed by atoms with Gasteiger partial charge >= 0.3 is 0 Å². The van der Waals surface area contributed by atoms with Crippen molar-refractivity contribution in [2.24, 2.45) is 0 Å². The summed E-state index contributed by atoms with van der Waals surface area (Å²) in [7, 11) is 0. The zero-order chi connectivity index (χ0) is 17.8. The van der Waals surface area contributed by atoms with E-state index in [0.29, 0.717) is 13.2 Å². The fourth-order valence-corrected chi connectivity index (χ4v) is 2.93. The third kappa shape index (κ3) is 3.57. The molecule has 0 N–H and O–H groups in total. The van der Waals surface area contributed by atoms with Crippen molar-refractivity contribution in [3.63, 3.8) is 0 Å². The fraction of sp³-hybridized carbons (Fsp3) is 0.130. The molecule has 0 unspecified atom stereocenters. The summed E-state index contributed by atoms with van der Waals surface area (Å²) in [6.45, 7) is 3.03. The molecule has 0 spiro atoms. The van der Waals surface area contributed by atoms with Gasteiger partial charge in [0.2, 0.25) is 0 Å². The van der Waals surface area contributed by atoms with Gasteiger partial charge in [-0.3, -0.25) is 0 Å². The first-order chi connectivity index (χ1) is 12.8. The van der Waals surface area contributed by atoms with Crippen molar-refractivity contribution in [2.45, 2.75) is 20.1 Å². The van der Waals surface area contributed by atoms with Gasteiger partial charge in [-0.15, -0.1) is 0 Å². The number of hydrogen-bond acceptors (Lipinski definition) is 3. The molecule has 4 rings (SSSR count). The predicted molar refractivity (Wildman–Crippen MR) is 102 cm³/mol. The highest BCUT2D eigenvalue weighted by Crippen LogP contribution is 2.35. The van der Waals surface area contributed by atoms with Gasteiger partial charge in [0, 0.05) is 12.1 Å². The highest BCUT2D eigenvalue weighted by molar-refractivity contribution is 5.88. The van der Waals surface area contributed by atoms with E-state index in [2.05, 4.69) is 12.1 Å². The first kappa shape index (κ1) is 16.3. The van der Waals surface area contributed by atoms with Gasteiger partial charge in [0.1, 0.15) is 30.3 Å². The van der Waals surface area contributed by atoms with Gasteiger partial charge < -0.3 is 13.9 Å². The fourth-order valence-electron chi connectivity index (χ4n) is 2.93. The smallest absolute Gasteiger partial charge is 0.141 e. The molecule has 130 valence electrons. The Balaban J connectivity index is 1.59. The van der Waals surface area contributed by atoms with Crippen LogP contribution in [0.2, 0.25) is 0 Å². The van der Waals surface area contributed by atoms with Crippen molar-refractivity contribution >= 4 is 11.0 Å². The second-order valence-corrected chi connectivity index (χ2v) is 6.26. The molecule has 4 aromatic rings. The van der Waals surface area contributed by atoms with Gasteiger partial charge in [0.25, 0.3) is 0 Å². The van der Waals surface area contributed by atoms with Crippen LogP contribution >= 0.6 is 0 Å². The molecular formula is C23H20O3. The molecule has 1 aromatic heterocycles. The zero-order valence-electron chi connectivity index (χ0n) is 14.6. The third-order valence-corrected chi connectivity index (χ3v) is 4.28. The van der Waals surface area contributed by atoms with Crippen molar-refractivity contribution in [3.05, 3.63) is 95.7 Å². The molecule has 3 aromatic carbocycles. The summed E-state index contributed by atoms with van der Waals surface area (Å²) in [6.07, 6.45) is 1.75. The minimum Gasteiger partial charge on any atom is -0.489 e. The van der Waals surface area contributed by atoms with Gasteiger partial charge in [-0.25, -0.2) is 0 Å². The van der Waals surface area contributed by atoms with Gasteiger partial charge in [-0.05, 0) is 23.6 Å². The van der Waals surface area contributed by atoms with Crippen molar-refractivity contribution in [3.8, 4) is 11.5 Å². The molecule has 3 nitrogen and oxygen atoms in total. The van der Waals surface area contributed by atoms with Gasteiger partial charge in [0.05, 0.1) is 11.6 Å². The number of ether oxygens (including phenoxy) is 2. The minimum absolute atomic E-state index is 0.503. The van der Waals surface area contributed by atoms with Crippen LogP contribution in [-0.4, -0.2) is 0 Å². The quantitative estimate of drug-likeness (QED) is 0.436. The molecule has 1 heterocycles. The standard InChI is InChI=1S/C23H20O3/c1-17-14-25-21-12-20(24-15-18-8-4-2-5-9-18)13-22(23(17)21)26-16-19-10-6-3-7-11-19/h2-14H,15-16H2,1H3. The summed E-state index contributed by atoms with van der Waals surface area (Å²) in [4.78, 5) is 0. The Bertz CT molecular complexity index is 988. The summed E-state index contributed by atoms with van der Waals surface area (Å²) in [5.41, 5.74) is 4.07. The normalized spacial score (nSPS) is 10.8. The number of rotatable bonds is 6. The van der Waals surface area contributed by atoms with Crippen LogP contribution < -0.4 is 9.47 Å².